The van der Waals surface area contributed by atoms with Crippen LogP contribution >= 0.6 is 0 Å². The van der Waals surface area contributed by atoms with Crippen LogP contribution in [0.3, 0.4) is 0 Å². The van der Waals surface area contributed by atoms with Crippen molar-refractivity contribution in [3.8, 4) is 0 Å². The molecule has 3 rings (SSSR count). The van der Waals surface area contributed by atoms with Crippen molar-refractivity contribution in [1.29, 1.82) is 0 Å². The van der Waals surface area contributed by atoms with Gasteiger partial charge in [0, 0.05) is 11.6 Å². The van der Waals surface area contributed by atoms with E-state index >= 15 is 0 Å². The molecule has 2 aliphatic carbocycles. The lowest BCUT2D eigenvalue weighted by molar-refractivity contribution is 0.279. The smallest absolute Gasteiger partial charge is 0.101 e. The number of nitrogens with two attached hydrogens (primary N) is 1. The van der Waals surface area contributed by atoms with Gasteiger partial charge in [-0.25, -0.2) is 0 Å². The largest absolute Gasteiger partial charge is 0.469 e. The van der Waals surface area contributed by atoms with Gasteiger partial charge in [-0.3, -0.25) is 11.3 Å². The first-order valence-electron chi connectivity index (χ1n) is 6.77. The minimum Gasteiger partial charge on any atom is -0.469 e. The van der Waals surface area contributed by atoms with E-state index in [4.69, 9.17) is 10.3 Å². The summed E-state index contributed by atoms with van der Waals surface area (Å²) >= 11 is 0. The third kappa shape index (κ3) is 2.14. The molecule has 3 N–H and O–H groups in total. The molecule has 1 aromatic heterocycles. The zero-order chi connectivity index (χ0) is 11.8. The Labute approximate surface area is 103 Å². The number of hydrogen-bond donors (Lipinski definition) is 2. The van der Waals surface area contributed by atoms with E-state index in [1.807, 2.05) is 13.2 Å². The minimum absolute atomic E-state index is 0.261. The van der Waals surface area contributed by atoms with E-state index in [2.05, 4.69) is 11.5 Å². The van der Waals surface area contributed by atoms with Crippen LogP contribution in [0.25, 0.3) is 0 Å². The lowest BCUT2D eigenvalue weighted by atomic mass is 9.83. The maximum Gasteiger partial charge on any atom is 0.101 e. The van der Waals surface area contributed by atoms with Gasteiger partial charge in [0.15, 0.2) is 0 Å². The SMILES string of the molecule is Cc1cc(C(CC2CC3CCC2C3)NN)co1. The Morgan fingerprint density at radius 2 is 2.35 bits per heavy atom. The molecular formula is C14H22N2O. The fourth-order valence-corrected chi connectivity index (χ4v) is 3.91. The van der Waals surface area contributed by atoms with Crippen molar-refractivity contribution in [2.45, 2.75) is 45.1 Å². The summed E-state index contributed by atoms with van der Waals surface area (Å²) in [6.07, 6.45) is 8.79. The number of furan rings is 1. The molecule has 1 heterocycles. The molecule has 2 saturated carbocycles. The summed E-state index contributed by atoms with van der Waals surface area (Å²) in [5.41, 5.74) is 4.16. The molecule has 0 aliphatic heterocycles. The summed E-state index contributed by atoms with van der Waals surface area (Å²) in [5.74, 6) is 9.50. The quantitative estimate of drug-likeness (QED) is 0.622. The van der Waals surface area contributed by atoms with E-state index in [-0.39, 0.29) is 6.04 Å². The highest BCUT2D eigenvalue weighted by Crippen LogP contribution is 2.50. The number of nitrogens with one attached hydrogen (secondary N) is 1. The molecule has 0 amide bonds. The molecule has 17 heavy (non-hydrogen) atoms. The topological polar surface area (TPSA) is 51.2 Å². The maximum atomic E-state index is 5.70. The highest BCUT2D eigenvalue weighted by atomic mass is 16.3. The molecule has 4 unspecified atom stereocenters. The average molecular weight is 234 g/mol. The van der Waals surface area contributed by atoms with Crippen molar-refractivity contribution in [2.24, 2.45) is 23.6 Å². The fourth-order valence-electron chi connectivity index (χ4n) is 3.91. The summed E-state index contributed by atoms with van der Waals surface area (Å²) in [5, 5.41) is 0. The van der Waals surface area contributed by atoms with Crippen LogP contribution in [0.5, 0.6) is 0 Å². The summed E-state index contributed by atoms with van der Waals surface area (Å²) in [4.78, 5) is 0. The van der Waals surface area contributed by atoms with Crippen molar-refractivity contribution in [3.63, 3.8) is 0 Å². The Hall–Kier alpha value is -0.800. The van der Waals surface area contributed by atoms with Crippen LogP contribution in [0.1, 0.15) is 49.5 Å². The average Bonchev–Trinajstić information content (AvgIpc) is 3.01. The van der Waals surface area contributed by atoms with Gasteiger partial charge >= 0.3 is 0 Å². The van der Waals surface area contributed by atoms with Gasteiger partial charge in [0.2, 0.25) is 0 Å². The molecule has 2 fully saturated rings. The number of hydrazine groups is 1. The monoisotopic (exact) mass is 234 g/mol. The minimum atomic E-state index is 0.261. The molecule has 1 aromatic rings. The molecule has 3 heteroatoms. The van der Waals surface area contributed by atoms with Gasteiger partial charge in [-0.05, 0) is 56.4 Å². The van der Waals surface area contributed by atoms with E-state index in [0.29, 0.717) is 0 Å². The van der Waals surface area contributed by atoms with Crippen LogP contribution in [-0.4, -0.2) is 0 Å². The summed E-state index contributed by atoms with van der Waals surface area (Å²) in [6, 6.07) is 2.36. The molecule has 0 aromatic carbocycles. The predicted molar refractivity (Wildman–Crippen MR) is 67.1 cm³/mol. The van der Waals surface area contributed by atoms with Crippen molar-refractivity contribution in [3.05, 3.63) is 23.7 Å². The van der Waals surface area contributed by atoms with Gasteiger partial charge in [0.25, 0.3) is 0 Å². The van der Waals surface area contributed by atoms with Crippen molar-refractivity contribution in [1.82, 2.24) is 5.43 Å². The van der Waals surface area contributed by atoms with Gasteiger partial charge in [-0.2, -0.15) is 0 Å². The van der Waals surface area contributed by atoms with Crippen LogP contribution in [0.2, 0.25) is 0 Å². The molecule has 2 aliphatic rings. The van der Waals surface area contributed by atoms with E-state index in [0.717, 1.165) is 29.9 Å². The van der Waals surface area contributed by atoms with Crippen molar-refractivity contribution >= 4 is 0 Å². The van der Waals surface area contributed by atoms with Crippen LogP contribution < -0.4 is 11.3 Å². The Bertz CT molecular complexity index is 387. The second-order valence-corrected chi connectivity index (χ2v) is 5.88. The molecule has 4 atom stereocenters. The highest BCUT2D eigenvalue weighted by molar-refractivity contribution is 5.16. The second-order valence-electron chi connectivity index (χ2n) is 5.88. The Balaban J connectivity index is 1.66. The maximum absolute atomic E-state index is 5.70. The molecule has 94 valence electrons. The summed E-state index contributed by atoms with van der Waals surface area (Å²) in [7, 11) is 0. The van der Waals surface area contributed by atoms with E-state index < -0.39 is 0 Å². The van der Waals surface area contributed by atoms with E-state index in [1.54, 1.807) is 0 Å². The van der Waals surface area contributed by atoms with Gasteiger partial charge in [0.05, 0.1) is 6.26 Å². The summed E-state index contributed by atoms with van der Waals surface area (Å²) in [6.45, 7) is 1.98. The molecule has 0 spiro atoms. The molecular weight excluding hydrogens is 212 g/mol. The van der Waals surface area contributed by atoms with Crippen molar-refractivity contribution < 1.29 is 4.42 Å². The van der Waals surface area contributed by atoms with Crippen LogP contribution in [0.4, 0.5) is 0 Å². The number of aryl methyl sites for hydroxylation is 1. The highest BCUT2D eigenvalue weighted by Gasteiger charge is 2.40. The second kappa shape index (κ2) is 4.46. The Kier molecular flexibility index (Phi) is 2.97. The van der Waals surface area contributed by atoms with Gasteiger partial charge in [-0.1, -0.05) is 6.42 Å². The lowest BCUT2D eigenvalue weighted by Crippen LogP contribution is -2.30. The lowest BCUT2D eigenvalue weighted by Gasteiger charge is -2.25. The van der Waals surface area contributed by atoms with Crippen LogP contribution in [-0.2, 0) is 0 Å². The predicted octanol–water partition coefficient (Wildman–Crippen LogP) is 2.92. The van der Waals surface area contributed by atoms with Gasteiger partial charge < -0.3 is 4.42 Å². The van der Waals surface area contributed by atoms with E-state index in [9.17, 15) is 0 Å². The summed E-state index contributed by atoms with van der Waals surface area (Å²) < 4.78 is 5.38. The molecule has 0 radical (unpaired) electrons. The fraction of sp³-hybridized carbons (Fsp3) is 0.714. The van der Waals surface area contributed by atoms with Crippen LogP contribution in [0, 0.1) is 24.7 Å². The Morgan fingerprint density at radius 1 is 1.47 bits per heavy atom. The molecule has 3 nitrogen and oxygen atoms in total. The zero-order valence-corrected chi connectivity index (χ0v) is 10.5. The molecule has 0 saturated heterocycles. The first-order valence-corrected chi connectivity index (χ1v) is 6.77. The number of rotatable bonds is 4. The third-order valence-corrected chi connectivity index (χ3v) is 4.78. The number of fused-ring (bicyclic) bond motifs is 2. The molecule has 2 bridgehead atoms. The van der Waals surface area contributed by atoms with Crippen LogP contribution in [0.15, 0.2) is 16.7 Å². The number of hydrogen-bond acceptors (Lipinski definition) is 3. The normalized spacial score (nSPS) is 33.2. The van der Waals surface area contributed by atoms with Gasteiger partial charge in [0.1, 0.15) is 5.76 Å². The van der Waals surface area contributed by atoms with Crippen molar-refractivity contribution in [2.75, 3.05) is 0 Å². The first kappa shape index (κ1) is 11.3. The standard InChI is InChI=1S/C14H22N2O/c1-9-4-13(8-17-9)14(16-15)7-12-6-10-2-3-11(12)5-10/h4,8,10-12,14,16H,2-3,5-7,15H2,1H3. The van der Waals surface area contributed by atoms with E-state index in [1.165, 1.54) is 31.2 Å². The van der Waals surface area contributed by atoms with Gasteiger partial charge in [-0.15, -0.1) is 0 Å². The third-order valence-electron chi connectivity index (χ3n) is 4.78. The zero-order valence-electron chi connectivity index (χ0n) is 10.5. The Morgan fingerprint density at radius 3 is 2.88 bits per heavy atom. The first-order chi connectivity index (χ1) is 8.26.